The van der Waals surface area contributed by atoms with Gasteiger partial charge >= 0.3 is 5.97 Å². The molecule has 0 aliphatic carbocycles. The molecule has 1 amide bonds. The number of esters is 1. The van der Waals surface area contributed by atoms with Gasteiger partial charge in [0, 0.05) is 0 Å². The molecule has 0 bridgehead atoms. The van der Waals surface area contributed by atoms with E-state index in [9.17, 15) is 27.2 Å². The van der Waals surface area contributed by atoms with Gasteiger partial charge in [0.05, 0.1) is 5.69 Å². The number of benzene rings is 2. The predicted octanol–water partition coefficient (Wildman–Crippen LogP) is 3.19. The van der Waals surface area contributed by atoms with Gasteiger partial charge in [-0.05, 0) is 43.3 Å². The molecule has 2 aromatic carbocycles. The standard InChI is InChI=1S/C17H13F4NO4/c1-9(17(24)22-13-7-6-12(19)15(20)16(13)21)26-14(23)8-25-11-4-2-10(18)3-5-11/h2-7,9H,8H2,1H3,(H,22,24)/t9-/m0/s1. The number of anilines is 1. The van der Waals surface area contributed by atoms with Crippen molar-refractivity contribution in [2.45, 2.75) is 13.0 Å². The summed E-state index contributed by atoms with van der Waals surface area (Å²) in [5.41, 5.74) is -0.598. The molecule has 0 aliphatic rings. The van der Waals surface area contributed by atoms with Gasteiger partial charge in [0.15, 0.2) is 30.2 Å². The zero-order chi connectivity index (χ0) is 19.3. The molecule has 9 heteroatoms. The lowest BCUT2D eigenvalue weighted by atomic mass is 10.2. The van der Waals surface area contributed by atoms with Crippen molar-refractivity contribution in [3.05, 3.63) is 59.7 Å². The van der Waals surface area contributed by atoms with Crippen LogP contribution in [-0.4, -0.2) is 24.6 Å². The summed E-state index contributed by atoms with van der Waals surface area (Å²) < 4.78 is 62.0. The number of halogens is 4. The Morgan fingerprint density at radius 2 is 1.65 bits per heavy atom. The van der Waals surface area contributed by atoms with Gasteiger partial charge in [0.2, 0.25) is 0 Å². The van der Waals surface area contributed by atoms with Crippen molar-refractivity contribution in [3.63, 3.8) is 0 Å². The molecule has 0 radical (unpaired) electrons. The normalized spacial score (nSPS) is 11.6. The van der Waals surface area contributed by atoms with E-state index >= 15 is 0 Å². The first-order valence-corrected chi connectivity index (χ1v) is 7.30. The molecule has 1 N–H and O–H groups in total. The SMILES string of the molecule is C[C@H](OC(=O)COc1ccc(F)cc1)C(=O)Nc1ccc(F)c(F)c1F. The van der Waals surface area contributed by atoms with Crippen molar-refractivity contribution in [2.24, 2.45) is 0 Å². The Morgan fingerprint density at radius 1 is 1.00 bits per heavy atom. The zero-order valence-corrected chi connectivity index (χ0v) is 13.4. The second kappa shape index (κ2) is 8.32. The van der Waals surface area contributed by atoms with Crippen LogP contribution in [0.25, 0.3) is 0 Å². The highest BCUT2D eigenvalue weighted by Crippen LogP contribution is 2.20. The number of carbonyl (C=O) groups is 2. The smallest absolute Gasteiger partial charge is 0.344 e. The van der Waals surface area contributed by atoms with E-state index in [0.717, 1.165) is 18.2 Å². The van der Waals surface area contributed by atoms with Crippen LogP contribution < -0.4 is 10.1 Å². The summed E-state index contributed by atoms with van der Waals surface area (Å²) in [7, 11) is 0. The van der Waals surface area contributed by atoms with E-state index in [2.05, 4.69) is 0 Å². The molecule has 0 aromatic heterocycles. The Hall–Kier alpha value is -3.10. The maximum atomic E-state index is 13.5. The third-order valence-electron chi connectivity index (χ3n) is 3.14. The Bertz CT molecular complexity index is 811. The molecular weight excluding hydrogens is 358 g/mol. The third kappa shape index (κ3) is 4.95. The lowest BCUT2D eigenvalue weighted by molar-refractivity contribution is -0.155. The number of hydrogen-bond donors (Lipinski definition) is 1. The van der Waals surface area contributed by atoms with Crippen LogP contribution in [0.15, 0.2) is 36.4 Å². The van der Waals surface area contributed by atoms with Crippen molar-refractivity contribution >= 4 is 17.6 Å². The molecule has 0 saturated carbocycles. The molecule has 2 aromatic rings. The van der Waals surface area contributed by atoms with Crippen LogP contribution >= 0.6 is 0 Å². The van der Waals surface area contributed by atoms with Crippen LogP contribution in [0.4, 0.5) is 23.2 Å². The minimum Gasteiger partial charge on any atom is -0.482 e. The van der Waals surface area contributed by atoms with Gasteiger partial charge in [0.1, 0.15) is 11.6 Å². The Labute approximate surface area is 145 Å². The first-order valence-electron chi connectivity index (χ1n) is 7.30. The largest absolute Gasteiger partial charge is 0.482 e. The topological polar surface area (TPSA) is 64.6 Å². The molecule has 0 heterocycles. The Balaban J connectivity index is 1.87. The van der Waals surface area contributed by atoms with Crippen molar-refractivity contribution in [3.8, 4) is 5.75 Å². The number of carbonyl (C=O) groups excluding carboxylic acids is 2. The fourth-order valence-electron chi connectivity index (χ4n) is 1.81. The number of hydrogen-bond acceptors (Lipinski definition) is 4. The van der Waals surface area contributed by atoms with Gasteiger partial charge in [-0.25, -0.2) is 22.4 Å². The van der Waals surface area contributed by atoms with Gasteiger partial charge < -0.3 is 14.8 Å². The highest BCUT2D eigenvalue weighted by atomic mass is 19.2. The zero-order valence-electron chi connectivity index (χ0n) is 13.4. The first-order chi connectivity index (χ1) is 12.3. The fraction of sp³-hybridized carbons (Fsp3) is 0.176. The number of amides is 1. The lowest BCUT2D eigenvalue weighted by Crippen LogP contribution is -2.32. The lowest BCUT2D eigenvalue weighted by Gasteiger charge is -2.14. The summed E-state index contributed by atoms with van der Waals surface area (Å²) in [6.45, 7) is 0.645. The Morgan fingerprint density at radius 3 is 2.31 bits per heavy atom. The molecule has 138 valence electrons. The van der Waals surface area contributed by atoms with E-state index in [1.807, 2.05) is 5.32 Å². The van der Waals surface area contributed by atoms with Gasteiger partial charge in [-0.2, -0.15) is 0 Å². The van der Waals surface area contributed by atoms with Gasteiger partial charge in [0.25, 0.3) is 5.91 Å². The van der Waals surface area contributed by atoms with Crippen molar-refractivity contribution in [2.75, 3.05) is 11.9 Å². The fourth-order valence-corrected chi connectivity index (χ4v) is 1.81. The second-order valence-corrected chi connectivity index (χ2v) is 5.09. The quantitative estimate of drug-likeness (QED) is 0.481. The number of rotatable bonds is 6. The summed E-state index contributed by atoms with van der Waals surface area (Å²) in [6.07, 6.45) is -1.35. The molecule has 5 nitrogen and oxygen atoms in total. The van der Waals surface area contributed by atoms with E-state index < -0.39 is 53.5 Å². The van der Waals surface area contributed by atoms with E-state index in [4.69, 9.17) is 9.47 Å². The van der Waals surface area contributed by atoms with Crippen LogP contribution in [0.2, 0.25) is 0 Å². The summed E-state index contributed by atoms with van der Waals surface area (Å²) in [6, 6.07) is 6.33. The van der Waals surface area contributed by atoms with Gasteiger partial charge in [-0.3, -0.25) is 4.79 Å². The molecule has 0 spiro atoms. The summed E-state index contributed by atoms with van der Waals surface area (Å²) in [5.74, 6) is -6.85. The molecule has 0 saturated heterocycles. The number of ether oxygens (including phenoxy) is 2. The first kappa shape index (κ1) is 19.2. The van der Waals surface area contributed by atoms with Crippen LogP contribution in [0.5, 0.6) is 5.75 Å². The molecule has 2 rings (SSSR count). The third-order valence-corrected chi connectivity index (χ3v) is 3.14. The summed E-state index contributed by atoms with van der Waals surface area (Å²) in [5, 5.41) is 1.98. The summed E-state index contributed by atoms with van der Waals surface area (Å²) >= 11 is 0. The Kier molecular flexibility index (Phi) is 6.16. The van der Waals surface area contributed by atoms with E-state index in [1.165, 1.54) is 19.1 Å². The van der Waals surface area contributed by atoms with Gasteiger partial charge in [-0.15, -0.1) is 0 Å². The molecule has 0 unspecified atom stereocenters. The highest BCUT2D eigenvalue weighted by Gasteiger charge is 2.21. The van der Waals surface area contributed by atoms with E-state index in [1.54, 1.807) is 0 Å². The van der Waals surface area contributed by atoms with Crippen molar-refractivity contribution < 1.29 is 36.6 Å². The highest BCUT2D eigenvalue weighted by molar-refractivity contribution is 5.95. The molecule has 26 heavy (non-hydrogen) atoms. The van der Waals surface area contributed by atoms with Crippen molar-refractivity contribution in [1.29, 1.82) is 0 Å². The van der Waals surface area contributed by atoms with E-state index in [0.29, 0.717) is 6.07 Å². The second-order valence-electron chi connectivity index (χ2n) is 5.09. The molecule has 1 atom stereocenters. The maximum Gasteiger partial charge on any atom is 0.344 e. The minimum atomic E-state index is -1.74. The van der Waals surface area contributed by atoms with Crippen LogP contribution in [0.3, 0.4) is 0 Å². The monoisotopic (exact) mass is 371 g/mol. The van der Waals surface area contributed by atoms with Crippen molar-refractivity contribution in [1.82, 2.24) is 0 Å². The average molecular weight is 371 g/mol. The minimum absolute atomic E-state index is 0.212. The average Bonchev–Trinajstić information content (AvgIpc) is 2.61. The van der Waals surface area contributed by atoms with Crippen LogP contribution in [0, 0.1) is 23.3 Å². The summed E-state index contributed by atoms with van der Waals surface area (Å²) in [4.78, 5) is 23.5. The molecule has 0 fully saturated rings. The predicted molar refractivity (Wildman–Crippen MR) is 82.4 cm³/mol. The number of nitrogens with one attached hydrogen (secondary N) is 1. The van der Waals surface area contributed by atoms with Crippen LogP contribution in [0.1, 0.15) is 6.92 Å². The van der Waals surface area contributed by atoms with E-state index in [-0.39, 0.29) is 5.75 Å². The maximum absolute atomic E-state index is 13.5. The molecular formula is C17H13F4NO4. The van der Waals surface area contributed by atoms with Crippen LogP contribution in [-0.2, 0) is 14.3 Å². The van der Waals surface area contributed by atoms with Gasteiger partial charge in [-0.1, -0.05) is 0 Å². The molecule has 0 aliphatic heterocycles.